The lowest BCUT2D eigenvalue weighted by atomic mass is 9.95. The molecule has 1 unspecified atom stereocenters. The van der Waals surface area contributed by atoms with Crippen LogP contribution in [0.25, 0.3) is 6.08 Å². The summed E-state index contributed by atoms with van der Waals surface area (Å²) in [5.74, 6) is 0.0636. The summed E-state index contributed by atoms with van der Waals surface area (Å²) in [7, 11) is 0. The van der Waals surface area contributed by atoms with E-state index in [-0.39, 0.29) is 5.76 Å². The fourth-order valence-corrected chi connectivity index (χ4v) is 1.43. The van der Waals surface area contributed by atoms with Crippen LogP contribution in [0.2, 0.25) is 0 Å². The average Bonchev–Trinajstić information content (AvgIpc) is 2.07. The van der Waals surface area contributed by atoms with Crippen molar-refractivity contribution in [2.45, 2.75) is 12.5 Å². The average molecular weight is 162 g/mol. The summed E-state index contributed by atoms with van der Waals surface area (Å²) >= 11 is 0. The Morgan fingerprint density at radius 3 is 2.83 bits per heavy atom. The topological polar surface area (TPSA) is 40.5 Å². The highest BCUT2D eigenvalue weighted by molar-refractivity contribution is 5.58. The Bertz CT molecular complexity index is 328. The molecule has 0 fully saturated rings. The Kier molecular flexibility index (Phi) is 1.62. The van der Waals surface area contributed by atoms with Gasteiger partial charge in [0.1, 0.15) is 11.9 Å². The molecule has 1 aliphatic rings. The fourth-order valence-electron chi connectivity index (χ4n) is 1.43. The SMILES string of the molecule is OC1=Cc2ccccc2CC1O. The number of benzene rings is 1. The molecule has 0 radical (unpaired) electrons. The summed E-state index contributed by atoms with van der Waals surface area (Å²) in [6.07, 6.45) is 1.40. The van der Waals surface area contributed by atoms with Gasteiger partial charge in [-0.25, -0.2) is 0 Å². The molecule has 0 bridgehead atoms. The molecule has 12 heavy (non-hydrogen) atoms. The highest BCUT2D eigenvalue weighted by Crippen LogP contribution is 2.22. The molecule has 2 heteroatoms. The molecule has 0 saturated heterocycles. The van der Waals surface area contributed by atoms with Crippen molar-refractivity contribution in [2.24, 2.45) is 0 Å². The third kappa shape index (κ3) is 1.10. The van der Waals surface area contributed by atoms with Crippen LogP contribution in [0.3, 0.4) is 0 Å². The Labute approximate surface area is 70.8 Å². The van der Waals surface area contributed by atoms with E-state index in [1.807, 2.05) is 24.3 Å². The van der Waals surface area contributed by atoms with E-state index in [0.29, 0.717) is 6.42 Å². The minimum Gasteiger partial charge on any atom is -0.510 e. The van der Waals surface area contributed by atoms with Gasteiger partial charge in [0.05, 0.1) is 0 Å². The lowest BCUT2D eigenvalue weighted by Crippen LogP contribution is -2.17. The van der Waals surface area contributed by atoms with E-state index in [9.17, 15) is 10.2 Å². The number of hydrogen-bond donors (Lipinski definition) is 2. The molecule has 1 aromatic rings. The van der Waals surface area contributed by atoms with Gasteiger partial charge >= 0.3 is 0 Å². The van der Waals surface area contributed by atoms with Crippen molar-refractivity contribution < 1.29 is 10.2 Å². The van der Waals surface area contributed by atoms with Gasteiger partial charge in [0.25, 0.3) is 0 Å². The van der Waals surface area contributed by atoms with Crippen molar-refractivity contribution in [3.05, 3.63) is 41.2 Å². The smallest absolute Gasteiger partial charge is 0.122 e. The van der Waals surface area contributed by atoms with Crippen LogP contribution in [-0.4, -0.2) is 16.3 Å². The minimum atomic E-state index is -0.722. The molecule has 0 amide bonds. The van der Waals surface area contributed by atoms with E-state index < -0.39 is 6.10 Å². The standard InChI is InChI=1S/C10H10O2/c11-9-5-7-3-1-2-4-8(7)6-10(9)12/h1-5,10-12H,6H2. The quantitative estimate of drug-likeness (QED) is 0.607. The van der Waals surface area contributed by atoms with Crippen molar-refractivity contribution in [2.75, 3.05) is 0 Å². The molecular weight excluding hydrogens is 152 g/mol. The van der Waals surface area contributed by atoms with Crippen molar-refractivity contribution in [1.82, 2.24) is 0 Å². The first-order valence-electron chi connectivity index (χ1n) is 3.94. The first-order chi connectivity index (χ1) is 5.77. The molecule has 62 valence electrons. The molecule has 0 spiro atoms. The zero-order valence-corrected chi connectivity index (χ0v) is 6.57. The maximum atomic E-state index is 9.31. The van der Waals surface area contributed by atoms with Crippen LogP contribution in [-0.2, 0) is 6.42 Å². The summed E-state index contributed by atoms with van der Waals surface area (Å²) < 4.78 is 0. The van der Waals surface area contributed by atoms with Crippen LogP contribution in [0.4, 0.5) is 0 Å². The van der Waals surface area contributed by atoms with Gasteiger partial charge in [0.2, 0.25) is 0 Å². The van der Waals surface area contributed by atoms with E-state index in [1.165, 1.54) is 0 Å². The molecule has 0 heterocycles. The van der Waals surface area contributed by atoms with Gasteiger partial charge in [0, 0.05) is 6.42 Å². The van der Waals surface area contributed by atoms with Crippen LogP contribution in [0.1, 0.15) is 11.1 Å². The molecule has 1 aliphatic carbocycles. The normalized spacial score (nSPS) is 21.4. The van der Waals surface area contributed by atoms with Crippen molar-refractivity contribution >= 4 is 6.08 Å². The Balaban J connectivity index is 2.49. The van der Waals surface area contributed by atoms with Gasteiger partial charge in [-0.15, -0.1) is 0 Å². The number of fused-ring (bicyclic) bond motifs is 1. The van der Waals surface area contributed by atoms with Crippen LogP contribution >= 0.6 is 0 Å². The first-order valence-corrected chi connectivity index (χ1v) is 3.94. The predicted molar refractivity (Wildman–Crippen MR) is 46.8 cm³/mol. The molecule has 2 nitrogen and oxygen atoms in total. The van der Waals surface area contributed by atoms with Gasteiger partial charge in [-0.2, -0.15) is 0 Å². The molecule has 0 saturated carbocycles. The molecule has 2 N–H and O–H groups in total. The molecule has 1 aromatic carbocycles. The molecule has 0 aromatic heterocycles. The van der Waals surface area contributed by atoms with E-state index in [0.717, 1.165) is 11.1 Å². The highest BCUT2D eigenvalue weighted by atomic mass is 16.3. The Morgan fingerprint density at radius 2 is 2.00 bits per heavy atom. The largest absolute Gasteiger partial charge is 0.510 e. The van der Waals surface area contributed by atoms with E-state index in [1.54, 1.807) is 6.08 Å². The van der Waals surface area contributed by atoms with Crippen LogP contribution in [0.5, 0.6) is 0 Å². The Hall–Kier alpha value is -1.28. The van der Waals surface area contributed by atoms with Crippen molar-refractivity contribution in [3.8, 4) is 0 Å². The summed E-state index contributed by atoms with van der Waals surface area (Å²) in [6, 6.07) is 7.74. The summed E-state index contributed by atoms with van der Waals surface area (Å²) in [5, 5.41) is 18.5. The van der Waals surface area contributed by atoms with E-state index in [4.69, 9.17) is 0 Å². The lowest BCUT2D eigenvalue weighted by molar-refractivity contribution is 0.153. The number of aliphatic hydroxyl groups excluding tert-OH is 2. The Morgan fingerprint density at radius 1 is 1.25 bits per heavy atom. The molecule has 0 aliphatic heterocycles. The molecular formula is C10H10O2. The molecule has 1 atom stereocenters. The van der Waals surface area contributed by atoms with Gasteiger partial charge < -0.3 is 10.2 Å². The van der Waals surface area contributed by atoms with E-state index in [2.05, 4.69) is 0 Å². The van der Waals surface area contributed by atoms with Gasteiger partial charge in [-0.05, 0) is 17.2 Å². The van der Waals surface area contributed by atoms with Crippen LogP contribution in [0, 0.1) is 0 Å². The zero-order valence-electron chi connectivity index (χ0n) is 6.57. The van der Waals surface area contributed by atoms with Crippen LogP contribution in [0.15, 0.2) is 30.0 Å². The van der Waals surface area contributed by atoms with E-state index >= 15 is 0 Å². The molecule has 2 rings (SSSR count). The predicted octanol–water partition coefficient (Wildman–Crippen LogP) is 1.50. The van der Waals surface area contributed by atoms with Gasteiger partial charge in [-0.3, -0.25) is 0 Å². The summed E-state index contributed by atoms with van der Waals surface area (Å²) in [4.78, 5) is 0. The van der Waals surface area contributed by atoms with Crippen molar-refractivity contribution in [3.63, 3.8) is 0 Å². The second kappa shape index (κ2) is 2.64. The second-order valence-electron chi connectivity index (χ2n) is 2.99. The minimum absolute atomic E-state index is 0.0636. The summed E-state index contributed by atoms with van der Waals surface area (Å²) in [5.41, 5.74) is 2.09. The number of aliphatic hydroxyl groups is 2. The summed E-state index contributed by atoms with van der Waals surface area (Å²) in [6.45, 7) is 0. The number of hydrogen-bond acceptors (Lipinski definition) is 2. The maximum Gasteiger partial charge on any atom is 0.122 e. The maximum absolute atomic E-state index is 9.31. The lowest BCUT2D eigenvalue weighted by Gasteiger charge is -2.17. The highest BCUT2D eigenvalue weighted by Gasteiger charge is 2.17. The first kappa shape index (κ1) is 7.37. The number of rotatable bonds is 0. The van der Waals surface area contributed by atoms with Gasteiger partial charge in [-0.1, -0.05) is 24.3 Å². The van der Waals surface area contributed by atoms with Crippen LogP contribution < -0.4 is 0 Å². The van der Waals surface area contributed by atoms with Crippen molar-refractivity contribution in [1.29, 1.82) is 0 Å². The second-order valence-corrected chi connectivity index (χ2v) is 2.99. The fraction of sp³-hybridized carbons (Fsp3) is 0.200. The van der Waals surface area contributed by atoms with Gasteiger partial charge in [0.15, 0.2) is 0 Å². The zero-order chi connectivity index (χ0) is 8.55. The monoisotopic (exact) mass is 162 g/mol. The third-order valence-electron chi connectivity index (χ3n) is 2.11. The third-order valence-corrected chi connectivity index (χ3v) is 2.11.